The Labute approximate surface area is 183 Å². The summed E-state index contributed by atoms with van der Waals surface area (Å²) in [6, 6.07) is -1.29. The number of aromatic nitrogens is 1. The molecule has 2 rings (SSSR count). The Bertz CT molecular complexity index is 1040. The lowest BCUT2D eigenvalue weighted by molar-refractivity contribution is -0.222. The van der Waals surface area contributed by atoms with Crippen LogP contribution in [0.15, 0.2) is 10.5 Å². The number of nitrogens with one attached hydrogen (secondary N) is 1. The number of thiazole rings is 1. The molecule has 166 valence electrons. The molecule has 1 saturated heterocycles. The number of nitrogen functional groups attached to an aromatic ring is 1. The topological polar surface area (TPSA) is 211 Å². The first-order chi connectivity index (χ1) is 14.1. The molecule has 2 atom stereocenters. The van der Waals surface area contributed by atoms with Gasteiger partial charge in [-0.3, -0.25) is 14.1 Å². The first kappa shape index (κ1) is 24.6. The minimum Gasteiger partial charge on any atom is -0.479 e. The van der Waals surface area contributed by atoms with Crippen LogP contribution < -0.4 is 11.1 Å². The summed E-state index contributed by atoms with van der Waals surface area (Å²) in [6.45, 7) is 0.609. The highest BCUT2D eigenvalue weighted by Gasteiger charge is 2.65. The van der Waals surface area contributed by atoms with Crippen LogP contribution in [-0.4, -0.2) is 93.3 Å². The number of nitrogens with zero attached hydrogens (tertiary/aromatic N) is 3. The third kappa shape index (κ3) is 5.17. The van der Waals surface area contributed by atoms with Crippen molar-refractivity contribution >= 4 is 73.9 Å². The highest BCUT2D eigenvalue weighted by molar-refractivity contribution is 7.80. The second-order valence-electron chi connectivity index (χ2n) is 7.62. The quantitative estimate of drug-likeness (QED) is 0.0881. The number of hydrogen-bond acceptors (Lipinski definition) is 11. The zero-order valence-electron chi connectivity index (χ0n) is 16.8. The predicted molar refractivity (Wildman–Crippen MR) is 115 cm³/mol. The molecule has 1 aromatic rings. The van der Waals surface area contributed by atoms with Crippen LogP contribution in [0.1, 0.15) is 12.6 Å². The van der Waals surface area contributed by atoms with Crippen molar-refractivity contribution in [2.75, 3.05) is 12.3 Å². The smallest absolute Gasteiger partial charge is 0.418 e. The van der Waals surface area contributed by atoms with Crippen molar-refractivity contribution in [3.8, 4) is 0 Å². The summed E-state index contributed by atoms with van der Waals surface area (Å²) in [5.74, 6) is -3.25. The van der Waals surface area contributed by atoms with Gasteiger partial charge in [0.1, 0.15) is 11.7 Å². The van der Waals surface area contributed by atoms with Gasteiger partial charge < -0.3 is 21.0 Å². The molecule has 0 unspecified atom stereocenters. The average Bonchev–Trinajstić information content (AvgIpc) is 3.04. The monoisotopic (exact) mass is 473 g/mol. The molecule has 5 N–H and O–H groups in total. The number of hydroxylamine groups is 2. The third-order valence-corrected chi connectivity index (χ3v) is 5.73. The Morgan fingerprint density at radius 1 is 1.48 bits per heavy atom. The normalized spacial score (nSPS) is 22.0. The van der Waals surface area contributed by atoms with Gasteiger partial charge in [0.2, 0.25) is 6.61 Å². The number of hydrogen-bond donors (Lipinski definition) is 4. The van der Waals surface area contributed by atoms with Crippen molar-refractivity contribution in [3.05, 3.63) is 11.1 Å². The largest absolute Gasteiger partial charge is 0.479 e. The van der Waals surface area contributed by atoms with E-state index in [4.69, 9.17) is 15.4 Å². The number of β-lactam (4-membered cyclic amide) rings is 1. The summed E-state index contributed by atoms with van der Waals surface area (Å²) in [5.41, 5.74) is 3.67. The van der Waals surface area contributed by atoms with Gasteiger partial charge >= 0.3 is 16.4 Å². The van der Waals surface area contributed by atoms with E-state index in [0.29, 0.717) is 5.06 Å². The highest BCUT2D eigenvalue weighted by Crippen LogP contribution is 2.45. The SMILES string of the molecule is BC(B)(B)[C@]1(C)[C@H](NC(=O)/C(=N\OCC(=O)O)c2csc(N)n2)C(=O)N1OS(=O)(=O)O. The number of rotatable bonds is 9. The molecular formula is C12H18B3N5O9S2. The Morgan fingerprint density at radius 3 is 2.55 bits per heavy atom. The van der Waals surface area contributed by atoms with Gasteiger partial charge in [0.25, 0.3) is 11.8 Å². The summed E-state index contributed by atoms with van der Waals surface area (Å²) in [5, 5.41) is 15.7. The van der Waals surface area contributed by atoms with Crippen LogP contribution in [-0.2, 0) is 33.9 Å². The molecule has 31 heavy (non-hydrogen) atoms. The first-order valence-electron chi connectivity index (χ1n) is 8.53. The molecule has 14 nitrogen and oxygen atoms in total. The van der Waals surface area contributed by atoms with Crippen molar-refractivity contribution in [2.24, 2.45) is 5.16 Å². The fraction of sp³-hybridized carbons (Fsp3) is 0.417. The number of oxime groups is 1. The van der Waals surface area contributed by atoms with E-state index >= 15 is 0 Å². The molecule has 1 aliphatic rings. The van der Waals surface area contributed by atoms with Gasteiger partial charge in [-0.2, -0.15) is 13.5 Å². The molecule has 19 heteroatoms. The van der Waals surface area contributed by atoms with Crippen LogP contribution in [0, 0.1) is 0 Å². The zero-order chi connectivity index (χ0) is 23.8. The third-order valence-electron chi connectivity index (χ3n) is 4.72. The van der Waals surface area contributed by atoms with Gasteiger partial charge in [0.15, 0.2) is 10.8 Å². The van der Waals surface area contributed by atoms with Crippen molar-refractivity contribution < 1.29 is 41.6 Å². The lowest BCUT2D eigenvalue weighted by atomic mass is 9.33. The van der Waals surface area contributed by atoms with E-state index in [9.17, 15) is 22.8 Å². The van der Waals surface area contributed by atoms with Gasteiger partial charge in [0.05, 0.1) is 29.1 Å². The molecule has 2 amide bonds. The number of nitrogens with two attached hydrogens (primary N) is 1. The number of carboxylic acid groups (broad SMARTS) is 1. The Hall–Kier alpha value is -2.63. The molecule has 0 saturated carbocycles. The number of carbonyl (C=O) groups is 3. The second-order valence-corrected chi connectivity index (χ2v) is 9.51. The van der Waals surface area contributed by atoms with Crippen molar-refractivity contribution in [2.45, 2.75) is 23.6 Å². The molecule has 1 aromatic heterocycles. The number of carbonyl (C=O) groups excluding carboxylic acids is 2. The lowest BCUT2D eigenvalue weighted by Crippen LogP contribution is -2.82. The molecule has 0 radical (unpaired) electrons. The minimum absolute atomic E-state index is 0.0272. The van der Waals surface area contributed by atoms with E-state index in [1.807, 2.05) is 0 Å². The van der Waals surface area contributed by atoms with Crippen LogP contribution in [0.3, 0.4) is 0 Å². The van der Waals surface area contributed by atoms with Gasteiger partial charge in [-0.25, -0.2) is 9.78 Å². The summed E-state index contributed by atoms with van der Waals surface area (Å²) < 4.78 is 35.7. The van der Waals surface area contributed by atoms with E-state index in [-0.39, 0.29) is 10.8 Å². The van der Waals surface area contributed by atoms with Gasteiger partial charge in [-0.1, -0.05) is 10.3 Å². The Kier molecular flexibility index (Phi) is 6.74. The summed E-state index contributed by atoms with van der Waals surface area (Å²) in [7, 11) is -0.0332. The Balaban J connectivity index is 2.35. The summed E-state index contributed by atoms with van der Waals surface area (Å²) in [4.78, 5) is 44.6. The summed E-state index contributed by atoms with van der Waals surface area (Å²) in [6.07, 6.45) is 0. The first-order valence-corrected chi connectivity index (χ1v) is 10.8. The van der Waals surface area contributed by atoms with Gasteiger partial charge in [-0.05, 0) is 6.92 Å². The van der Waals surface area contributed by atoms with Crippen LogP contribution in [0.25, 0.3) is 0 Å². The van der Waals surface area contributed by atoms with Gasteiger partial charge in [-0.15, -0.1) is 15.6 Å². The maximum absolute atomic E-state index is 12.9. The Morgan fingerprint density at radius 2 is 2.10 bits per heavy atom. The molecule has 0 aromatic carbocycles. The minimum atomic E-state index is -5.01. The predicted octanol–water partition coefficient (Wildman–Crippen LogP) is -4.68. The van der Waals surface area contributed by atoms with Crippen molar-refractivity contribution in [1.82, 2.24) is 15.4 Å². The average molecular weight is 473 g/mol. The van der Waals surface area contributed by atoms with E-state index < -0.39 is 57.2 Å². The molecule has 1 aliphatic heterocycles. The molecule has 0 aliphatic carbocycles. The fourth-order valence-electron chi connectivity index (χ4n) is 2.74. The van der Waals surface area contributed by atoms with E-state index in [1.54, 1.807) is 23.5 Å². The molecule has 0 bridgehead atoms. The van der Waals surface area contributed by atoms with Gasteiger partial charge in [0, 0.05) is 5.38 Å². The zero-order valence-corrected chi connectivity index (χ0v) is 18.5. The van der Waals surface area contributed by atoms with E-state index in [0.717, 1.165) is 11.3 Å². The number of amides is 2. The van der Waals surface area contributed by atoms with Crippen molar-refractivity contribution in [3.63, 3.8) is 0 Å². The van der Waals surface area contributed by atoms with E-state index in [1.165, 1.54) is 12.3 Å². The summed E-state index contributed by atoms with van der Waals surface area (Å²) >= 11 is 0.984. The second kappa shape index (κ2) is 8.48. The fourth-order valence-corrected chi connectivity index (χ4v) is 3.70. The van der Waals surface area contributed by atoms with Crippen LogP contribution in [0.5, 0.6) is 0 Å². The van der Waals surface area contributed by atoms with Crippen molar-refractivity contribution in [1.29, 1.82) is 0 Å². The molecule has 1 fully saturated rings. The lowest BCUT2D eigenvalue weighted by Gasteiger charge is -2.59. The number of carboxylic acids is 1. The van der Waals surface area contributed by atoms with Crippen LogP contribution >= 0.6 is 11.3 Å². The maximum atomic E-state index is 12.9. The molecule has 2 heterocycles. The molecular weight excluding hydrogens is 455 g/mol. The number of aliphatic carboxylic acids is 1. The van der Waals surface area contributed by atoms with Crippen LogP contribution in [0.2, 0.25) is 5.11 Å². The maximum Gasteiger partial charge on any atom is 0.418 e. The van der Waals surface area contributed by atoms with Crippen LogP contribution in [0.4, 0.5) is 5.13 Å². The highest BCUT2D eigenvalue weighted by atomic mass is 32.3. The standard InChI is InChI=1S/C12H18B3N5O9S2/c1-11(12(13,14)15)7(9(24)20(11)29-31(25,26)27)18-8(23)6(19-28-2-5(21)22)4-3-30-10(16)17-4/h3,7H,2,13-15H2,1H3,(H2,16,17)(H,18,23)(H,21,22)(H,25,26,27)/b19-6-/t7-,11+/m1/s1. The molecule has 0 spiro atoms. The van der Waals surface area contributed by atoms with E-state index in [2.05, 4.69) is 24.6 Å². The number of anilines is 1.